The average Bonchev–Trinajstić information content (AvgIpc) is 2.98. The second-order valence-electron chi connectivity index (χ2n) is 6.06. The Balaban J connectivity index is 1.65. The number of allylic oxidation sites excluding steroid dienone is 2. The molecule has 4 aliphatic rings. The van der Waals surface area contributed by atoms with E-state index < -0.39 is 17.8 Å². The van der Waals surface area contributed by atoms with Crippen molar-refractivity contribution in [1.82, 2.24) is 5.32 Å². The van der Waals surface area contributed by atoms with Crippen molar-refractivity contribution in [2.45, 2.75) is 31.8 Å². The summed E-state index contributed by atoms with van der Waals surface area (Å²) in [5.41, 5.74) is 0. The summed E-state index contributed by atoms with van der Waals surface area (Å²) >= 11 is 0. The van der Waals surface area contributed by atoms with Crippen molar-refractivity contribution in [2.75, 3.05) is 13.2 Å². The van der Waals surface area contributed by atoms with E-state index in [1.807, 2.05) is 12.2 Å². The Kier molecular flexibility index (Phi) is 3.78. The van der Waals surface area contributed by atoms with E-state index in [0.717, 1.165) is 32.3 Å². The monoisotopic (exact) mass is 279 g/mol. The predicted octanol–water partition coefficient (Wildman–Crippen LogP) is 1.19. The maximum Gasteiger partial charge on any atom is 0.307 e. The van der Waals surface area contributed by atoms with E-state index in [1.165, 1.54) is 0 Å². The number of hydrogen-bond acceptors (Lipinski definition) is 3. The van der Waals surface area contributed by atoms with Gasteiger partial charge in [0.05, 0.1) is 17.9 Å². The molecule has 5 nitrogen and oxygen atoms in total. The van der Waals surface area contributed by atoms with Crippen LogP contribution in [0.4, 0.5) is 0 Å². The largest absolute Gasteiger partial charge is 0.481 e. The Bertz CT molecular complexity index is 428. The standard InChI is InChI=1S/C15H21NO4/c17-14(16-8-11-2-1-7-20-11)12-9-3-5-10(6-4-9)13(12)15(18)19/h3,5,9-13H,1-2,4,6-8H2,(H,16,17)(H,18,19). The molecule has 3 aliphatic carbocycles. The molecule has 20 heavy (non-hydrogen) atoms. The van der Waals surface area contributed by atoms with Gasteiger partial charge in [-0.05, 0) is 37.5 Å². The maximum atomic E-state index is 12.4. The Morgan fingerprint density at radius 3 is 2.40 bits per heavy atom. The molecule has 110 valence electrons. The smallest absolute Gasteiger partial charge is 0.307 e. The number of carbonyl (C=O) groups excluding carboxylic acids is 1. The number of nitrogens with one attached hydrogen (secondary N) is 1. The van der Waals surface area contributed by atoms with E-state index >= 15 is 0 Å². The Morgan fingerprint density at radius 1 is 1.15 bits per heavy atom. The first-order valence-corrected chi connectivity index (χ1v) is 7.47. The van der Waals surface area contributed by atoms with Gasteiger partial charge in [-0.3, -0.25) is 9.59 Å². The number of amides is 1. The summed E-state index contributed by atoms with van der Waals surface area (Å²) in [6.07, 6.45) is 7.92. The summed E-state index contributed by atoms with van der Waals surface area (Å²) in [4.78, 5) is 23.9. The molecule has 1 aliphatic heterocycles. The van der Waals surface area contributed by atoms with Crippen LogP contribution in [0.5, 0.6) is 0 Å². The minimum absolute atomic E-state index is 0.0102. The summed E-state index contributed by atoms with van der Waals surface area (Å²) in [5.74, 6) is -1.87. The molecule has 0 aromatic carbocycles. The Labute approximate surface area is 118 Å². The lowest BCUT2D eigenvalue weighted by molar-refractivity contribution is -0.153. The molecule has 5 heteroatoms. The molecular formula is C15H21NO4. The van der Waals surface area contributed by atoms with Gasteiger partial charge < -0.3 is 15.2 Å². The van der Waals surface area contributed by atoms with Crippen LogP contribution in [0.2, 0.25) is 0 Å². The summed E-state index contributed by atoms with van der Waals surface area (Å²) in [5, 5.41) is 12.3. The van der Waals surface area contributed by atoms with Crippen LogP contribution in [0, 0.1) is 23.7 Å². The van der Waals surface area contributed by atoms with Crippen LogP contribution in [0.1, 0.15) is 25.7 Å². The summed E-state index contributed by atoms with van der Waals surface area (Å²) in [6.45, 7) is 1.26. The van der Waals surface area contributed by atoms with Gasteiger partial charge in [-0.1, -0.05) is 12.2 Å². The van der Waals surface area contributed by atoms with E-state index in [9.17, 15) is 14.7 Å². The molecule has 4 rings (SSSR count). The van der Waals surface area contributed by atoms with Crippen molar-refractivity contribution in [1.29, 1.82) is 0 Å². The van der Waals surface area contributed by atoms with Crippen LogP contribution < -0.4 is 5.32 Å². The van der Waals surface area contributed by atoms with Crippen molar-refractivity contribution in [2.24, 2.45) is 23.7 Å². The topological polar surface area (TPSA) is 75.6 Å². The third-order valence-corrected chi connectivity index (χ3v) is 4.86. The van der Waals surface area contributed by atoms with Gasteiger partial charge in [0.15, 0.2) is 0 Å². The Hall–Kier alpha value is -1.36. The zero-order valence-electron chi connectivity index (χ0n) is 11.5. The number of hydrogen-bond donors (Lipinski definition) is 2. The van der Waals surface area contributed by atoms with Gasteiger partial charge >= 0.3 is 5.97 Å². The highest BCUT2D eigenvalue weighted by atomic mass is 16.5. The number of fused-ring (bicyclic) bond motifs is 2. The maximum absolute atomic E-state index is 12.4. The minimum atomic E-state index is -0.846. The third-order valence-electron chi connectivity index (χ3n) is 4.86. The van der Waals surface area contributed by atoms with Crippen molar-refractivity contribution in [3.8, 4) is 0 Å². The lowest BCUT2D eigenvalue weighted by Gasteiger charge is -2.42. The molecule has 0 aromatic rings. The first kappa shape index (κ1) is 13.6. The van der Waals surface area contributed by atoms with E-state index in [2.05, 4.69) is 5.32 Å². The molecular weight excluding hydrogens is 258 g/mol. The van der Waals surface area contributed by atoms with Gasteiger partial charge in [0.1, 0.15) is 0 Å². The van der Waals surface area contributed by atoms with Crippen LogP contribution >= 0.6 is 0 Å². The molecule has 2 bridgehead atoms. The molecule has 5 atom stereocenters. The molecule has 0 aromatic heterocycles. The van der Waals surface area contributed by atoms with Gasteiger partial charge in [0.2, 0.25) is 5.91 Å². The minimum Gasteiger partial charge on any atom is -0.481 e. The summed E-state index contributed by atoms with van der Waals surface area (Å²) < 4.78 is 5.48. The molecule has 0 radical (unpaired) electrons. The fourth-order valence-corrected chi connectivity index (χ4v) is 3.83. The third kappa shape index (κ3) is 2.46. The average molecular weight is 279 g/mol. The molecule has 1 amide bonds. The van der Waals surface area contributed by atoms with E-state index in [1.54, 1.807) is 0 Å². The SMILES string of the molecule is O=C(O)C1C2C=CC(CC2)C1C(=O)NCC1CCCO1. The first-order chi connectivity index (χ1) is 9.66. The molecule has 1 heterocycles. The van der Waals surface area contributed by atoms with Crippen molar-refractivity contribution < 1.29 is 19.4 Å². The van der Waals surface area contributed by atoms with Crippen molar-refractivity contribution >= 4 is 11.9 Å². The zero-order valence-corrected chi connectivity index (χ0v) is 11.5. The second-order valence-corrected chi connectivity index (χ2v) is 6.06. The van der Waals surface area contributed by atoms with E-state index in [0.29, 0.717) is 6.54 Å². The number of aliphatic carboxylic acids is 1. The number of ether oxygens (including phenoxy) is 1. The predicted molar refractivity (Wildman–Crippen MR) is 72.0 cm³/mol. The first-order valence-electron chi connectivity index (χ1n) is 7.47. The fraction of sp³-hybridized carbons (Fsp3) is 0.733. The number of carbonyl (C=O) groups is 2. The zero-order chi connectivity index (χ0) is 14.1. The van der Waals surface area contributed by atoms with Crippen molar-refractivity contribution in [3.05, 3.63) is 12.2 Å². The van der Waals surface area contributed by atoms with Crippen molar-refractivity contribution in [3.63, 3.8) is 0 Å². The molecule has 2 fully saturated rings. The summed E-state index contributed by atoms with van der Waals surface area (Å²) in [7, 11) is 0. The quantitative estimate of drug-likeness (QED) is 0.758. The van der Waals surface area contributed by atoms with Crippen LogP contribution in [0.15, 0.2) is 12.2 Å². The van der Waals surface area contributed by atoms with Crippen LogP contribution in [-0.2, 0) is 14.3 Å². The van der Waals surface area contributed by atoms with E-state index in [-0.39, 0.29) is 23.8 Å². The fourth-order valence-electron chi connectivity index (χ4n) is 3.83. The number of carboxylic acid groups (broad SMARTS) is 1. The summed E-state index contributed by atoms with van der Waals surface area (Å²) in [6, 6.07) is 0. The van der Waals surface area contributed by atoms with Crippen LogP contribution in [0.25, 0.3) is 0 Å². The highest BCUT2D eigenvalue weighted by Gasteiger charge is 2.48. The van der Waals surface area contributed by atoms with Gasteiger partial charge in [0.25, 0.3) is 0 Å². The number of carboxylic acids is 1. The Morgan fingerprint density at radius 2 is 1.85 bits per heavy atom. The van der Waals surface area contributed by atoms with Gasteiger partial charge in [-0.15, -0.1) is 0 Å². The molecule has 2 N–H and O–H groups in total. The second kappa shape index (κ2) is 5.56. The highest BCUT2D eigenvalue weighted by molar-refractivity contribution is 5.86. The van der Waals surface area contributed by atoms with Gasteiger partial charge in [-0.25, -0.2) is 0 Å². The number of rotatable bonds is 4. The van der Waals surface area contributed by atoms with Crippen LogP contribution in [-0.4, -0.2) is 36.2 Å². The van der Waals surface area contributed by atoms with Gasteiger partial charge in [0, 0.05) is 13.2 Å². The highest BCUT2D eigenvalue weighted by Crippen LogP contribution is 2.45. The molecule has 1 saturated carbocycles. The normalized spacial score (nSPS) is 38.9. The van der Waals surface area contributed by atoms with Crippen LogP contribution in [0.3, 0.4) is 0 Å². The molecule has 0 spiro atoms. The lowest BCUT2D eigenvalue weighted by Crippen LogP contribution is -2.50. The molecule has 1 saturated heterocycles. The van der Waals surface area contributed by atoms with Gasteiger partial charge in [-0.2, -0.15) is 0 Å². The molecule has 5 unspecified atom stereocenters. The lowest BCUT2D eigenvalue weighted by atomic mass is 9.62. The van der Waals surface area contributed by atoms with E-state index in [4.69, 9.17) is 4.74 Å².